The molecule has 2 spiro atoms. The molecule has 0 nitrogen and oxygen atoms in total. The molecule has 0 amide bonds. The standard InChI is InChI=1S/C11H18I/c1-8-5-11(6-9(11)12-2)7-10(8)3-4-10/h8-9H,3-7H2,1-2H3/q-1/t8?,9?,11-/m1/s1. The molecule has 0 aromatic heterocycles. The van der Waals surface area contributed by atoms with Crippen molar-refractivity contribution >= 4 is 0 Å². The third-order valence-corrected chi connectivity index (χ3v) is 7.97. The molecule has 1 heteroatoms. The Morgan fingerprint density at radius 2 is 1.92 bits per heavy atom. The molecule has 70 valence electrons. The molecular formula is C11H18I-. The van der Waals surface area contributed by atoms with Gasteiger partial charge in [0.15, 0.2) is 0 Å². The third kappa shape index (κ3) is 0.893. The summed E-state index contributed by atoms with van der Waals surface area (Å²) in [5.41, 5.74) is 1.83. The van der Waals surface area contributed by atoms with Crippen LogP contribution in [0.2, 0.25) is 0 Å². The van der Waals surface area contributed by atoms with Crippen LogP contribution in [-0.4, -0.2) is 8.86 Å². The van der Waals surface area contributed by atoms with Crippen LogP contribution in [0.4, 0.5) is 0 Å². The first-order valence-electron chi connectivity index (χ1n) is 5.19. The average molecular weight is 277 g/mol. The second-order valence-electron chi connectivity index (χ2n) is 5.40. The zero-order chi connectivity index (χ0) is 8.40. The number of alkyl halides is 2. The van der Waals surface area contributed by atoms with Gasteiger partial charge in [0.25, 0.3) is 0 Å². The van der Waals surface area contributed by atoms with Crippen molar-refractivity contribution < 1.29 is 21.2 Å². The van der Waals surface area contributed by atoms with E-state index in [1.807, 2.05) is 0 Å². The summed E-state index contributed by atoms with van der Waals surface area (Å²) in [5.74, 6) is 1.08. The van der Waals surface area contributed by atoms with E-state index >= 15 is 0 Å². The first-order valence-corrected chi connectivity index (χ1v) is 8.59. The van der Waals surface area contributed by atoms with Gasteiger partial charge >= 0.3 is 85.8 Å². The van der Waals surface area contributed by atoms with Gasteiger partial charge in [0.2, 0.25) is 0 Å². The van der Waals surface area contributed by atoms with Gasteiger partial charge in [-0.25, -0.2) is 0 Å². The molecule has 3 atom stereocenters. The van der Waals surface area contributed by atoms with E-state index in [0.29, 0.717) is 21.2 Å². The SMILES string of the molecule is C[I-]C1C[C@@]12CC(C)C1(CC1)C2. The van der Waals surface area contributed by atoms with E-state index in [-0.39, 0.29) is 0 Å². The van der Waals surface area contributed by atoms with Crippen LogP contribution in [0.15, 0.2) is 0 Å². The van der Waals surface area contributed by atoms with Gasteiger partial charge in [0.05, 0.1) is 0 Å². The Kier molecular flexibility index (Phi) is 1.49. The Hall–Kier alpha value is 0.730. The molecule has 3 saturated carbocycles. The first kappa shape index (κ1) is 8.07. The Bertz CT molecular complexity index is 219. The Morgan fingerprint density at radius 3 is 2.33 bits per heavy atom. The molecule has 0 aromatic carbocycles. The van der Waals surface area contributed by atoms with E-state index in [4.69, 9.17) is 0 Å². The second kappa shape index (κ2) is 2.21. The van der Waals surface area contributed by atoms with Crippen molar-refractivity contribution in [2.24, 2.45) is 16.7 Å². The number of hydrogen-bond acceptors (Lipinski definition) is 0. The van der Waals surface area contributed by atoms with E-state index in [0.717, 1.165) is 16.7 Å². The van der Waals surface area contributed by atoms with Crippen molar-refractivity contribution in [3.63, 3.8) is 0 Å². The molecule has 0 aromatic rings. The summed E-state index contributed by atoms with van der Waals surface area (Å²) < 4.78 is 1.23. The Morgan fingerprint density at radius 1 is 1.17 bits per heavy atom. The van der Waals surface area contributed by atoms with E-state index in [1.165, 1.54) is 3.92 Å². The summed E-state index contributed by atoms with van der Waals surface area (Å²) in [6, 6.07) is 0. The van der Waals surface area contributed by atoms with Crippen LogP contribution >= 0.6 is 0 Å². The third-order valence-electron chi connectivity index (χ3n) is 4.71. The summed E-state index contributed by atoms with van der Waals surface area (Å²) in [6.45, 7) is 2.52. The summed E-state index contributed by atoms with van der Waals surface area (Å²) in [4.78, 5) is 2.49. The minimum atomic E-state index is 0.563. The normalized spacial score (nSPS) is 53.8. The van der Waals surface area contributed by atoms with Crippen molar-refractivity contribution in [1.82, 2.24) is 0 Å². The van der Waals surface area contributed by atoms with Crippen LogP contribution in [0.1, 0.15) is 39.0 Å². The molecule has 0 radical (unpaired) electrons. The molecule has 12 heavy (non-hydrogen) atoms. The molecule has 3 fully saturated rings. The van der Waals surface area contributed by atoms with Crippen molar-refractivity contribution in [3.05, 3.63) is 0 Å². The van der Waals surface area contributed by atoms with E-state index in [9.17, 15) is 0 Å². The van der Waals surface area contributed by atoms with Crippen molar-refractivity contribution in [2.45, 2.75) is 43.0 Å². The van der Waals surface area contributed by atoms with E-state index in [1.54, 1.807) is 32.1 Å². The summed E-state index contributed by atoms with van der Waals surface area (Å²) in [6.07, 6.45) is 8.02. The summed E-state index contributed by atoms with van der Waals surface area (Å²) >= 11 is 0.563. The molecule has 3 aliphatic carbocycles. The van der Waals surface area contributed by atoms with E-state index in [2.05, 4.69) is 11.9 Å². The first-order chi connectivity index (χ1) is 5.71. The average Bonchev–Trinajstić information content (AvgIpc) is 2.87. The van der Waals surface area contributed by atoms with Gasteiger partial charge in [-0.05, 0) is 0 Å². The van der Waals surface area contributed by atoms with Gasteiger partial charge < -0.3 is 0 Å². The predicted octanol–water partition coefficient (Wildman–Crippen LogP) is -0.326. The fourth-order valence-electron chi connectivity index (χ4n) is 3.60. The van der Waals surface area contributed by atoms with Gasteiger partial charge in [0, 0.05) is 0 Å². The van der Waals surface area contributed by atoms with Gasteiger partial charge in [-0.15, -0.1) is 0 Å². The van der Waals surface area contributed by atoms with E-state index < -0.39 is 0 Å². The van der Waals surface area contributed by atoms with Crippen molar-refractivity contribution in [1.29, 1.82) is 0 Å². The monoisotopic (exact) mass is 277 g/mol. The fourth-order valence-corrected chi connectivity index (χ4v) is 6.72. The minimum absolute atomic E-state index is 0.563. The molecule has 0 bridgehead atoms. The predicted molar refractivity (Wildman–Crippen MR) is 46.8 cm³/mol. The zero-order valence-corrected chi connectivity index (χ0v) is 10.2. The molecule has 2 unspecified atom stereocenters. The van der Waals surface area contributed by atoms with Crippen molar-refractivity contribution in [3.8, 4) is 0 Å². The topological polar surface area (TPSA) is 0 Å². The van der Waals surface area contributed by atoms with Crippen LogP contribution in [0, 0.1) is 16.7 Å². The number of halogens is 1. The van der Waals surface area contributed by atoms with Gasteiger partial charge in [-0.2, -0.15) is 0 Å². The maximum atomic E-state index is 2.52. The Balaban J connectivity index is 1.79. The molecule has 0 heterocycles. The van der Waals surface area contributed by atoms with Crippen LogP contribution in [0.25, 0.3) is 0 Å². The van der Waals surface area contributed by atoms with Crippen LogP contribution in [0.5, 0.6) is 0 Å². The summed E-state index contributed by atoms with van der Waals surface area (Å²) in [7, 11) is 0. The molecule has 0 aliphatic heterocycles. The Labute approximate surface area is 85.8 Å². The van der Waals surface area contributed by atoms with Crippen LogP contribution in [0.3, 0.4) is 0 Å². The fraction of sp³-hybridized carbons (Fsp3) is 1.00. The van der Waals surface area contributed by atoms with Gasteiger partial charge in [0.1, 0.15) is 0 Å². The molecular weight excluding hydrogens is 259 g/mol. The van der Waals surface area contributed by atoms with Crippen LogP contribution < -0.4 is 21.2 Å². The number of hydrogen-bond donors (Lipinski definition) is 0. The molecule has 0 saturated heterocycles. The molecule has 0 N–H and O–H groups in total. The molecule has 3 aliphatic rings. The van der Waals surface area contributed by atoms with Gasteiger partial charge in [-0.1, -0.05) is 0 Å². The second-order valence-corrected chi connectivity index (χ2v) is 8.15. The number of rotatable bonds is 1. The van der Waals surface area contributed by atoms with Crippen molar-refractivity contribution in [2.75, 3.05) is 4.93 Å². The quantitative estimate of drug-likeness (QED) is 0.455. The van der Waals surface area contributed by atoms with Gasteiger partial charge in [-0.3, -0.25) is 0 Å². The maximum absolute atomic E-state index is 2.52. The summed E-state index contributed by atoms with van der Waals surface area (Å²) in [5, 5.41) is 0. The van der Waals surface area contributed by atoms with Crippen LogP contribution in [-0.2, 0) is 0 Å². The molecule has 3 rings (SSSR count). The zero-order valence-electron chi connectivity index (χ0n) is 8.07.